The second kappa shape index (κ2) is 7.32. The molecule has 0 aromatic carbocycles. The molecule has 0 spiro atoms. The molecule has 0 atom stereocenters. The SMILES string of the molecule is CC[Si](CC)(CC)O/C(=C\C(=O)OC)OC. The Morgan fingerprint density at radius 3 is 1.88 bits per heavy atom. The lowest BCUT2D eigenvalue weighted by atomic mass is 10.6. The predicted molar refractivity (Wildman–Crippen MR) is 65.4 cm³/mol. The third-order valence-electron chi connectivity index (χ3n) is 2.89. The van der Waals surface area contributed by atoms with E-state index < -0.39 is 14.3 Å². The van der Waals surface area contributed by atoms with Gasteiger partial charge in [0.05, 0.1) is 14.2 Å². The second-order valence-electron chi connectivity index (χ2n) is 3.54. The Morgan fingerprint density at radius 1 is 1.06 bits per heavy atom. The minimum atomic E-state index is -1.78. The molecular weight excluding hydrogens is 224 g/mol. The first-order valence-corrected chi connectivity index (χ1v) is 8.13. The zero-order valence-corrected chi connectivity index (χ0v) is 11.8. The standard InChI is InChI=1S/C11H22O4Si/c1-6-16(7-2,8-3)15-11(14-5)9-10(12)13-4/h9H,6-8H2,1-5H3/b11-9-. The number of rotatable bonds is 7. The maximum absolute atomic E-state index is 11.1. The Hall–Kier alpha value is -0.973. The van der Waals surface area contributed by atoms with Gasteiger partial charge in [0.25, 0.3) is 14.3 Å². The van der Waals surface area contributed by atoms with Gasteiger partial charge in [0.15, 0.2) is 0 Å². The van der Waals surface area contributed by atoms with E-state index in [1.165, 1.54) is 20.3 Å². The number of hydrogen-bond acceptors (Lipinski definition) is 4. The number of ether oxygens (including phenoxy) is 2. The van der Waals surface area contributed by atoms with Crippen molar-refractivity contribution in [2.45, 2.75) is 38.9 Å². The van der Waals surface area contributed by atoms with Gasteiger partial charge >= 0.3 is 5.97 Å². The molecule has 4 nitrogen and oxygen atoms in total. The summed E-state index contributed by atoms with van der Waals surface area (Å²) in [6, 6.07) is 3.01. The number of carbonyl (C=O) groups excluding carboxylic acids is 1. The first-order chi connectivity index (χ1) is 7.57. The summed E-state index contributed by atoms with van der Waals surface area (Å²) in [6.45, 7) is 6.35. The van der Waals surface area contributed by atoms with Crippen LogP contribution in [0.1, 0.15) is 20.8 Å². The van der Waals surface area contributed by atoms with Crippen molar-refractivity contribution in [3.63, 3.8) is 0 Å². The van der Waals surface area contributed by atoms with E-state index in [1.54, 1.807) is 0 Å². The average molecular weight is 246 g/mol. The fraction of sp³-hybridized carbons (Fsp3) is 0.727. The summed E-state index contributed by atoms with van der Waals surface area (Å²) in [5, 5.41) is 0. The van der Waals surface area contributed by atoms with Crippen LogP contribution >= 0.6 is 0 Å². The summed E-state index contributed by atoms with van der Waals surface area (Å²) in [6.07, 6.45) is 1.25. The van der Waals surface area contributed by atoms with Gasteiger partial charge in [-0.2, -0.15) is 0 Å². The van der Waals surface area contributed by atoms with Crippen LogP contribution in [0.15, 0.2) is 12.0 Å². The van der Waals surface area contributed by atoms with Gasteiger partial charge in [-0.05, 0) is 18.1 Å². The number of esters is 1. The molecule has 0 N–H and O–H groups in total. The largest absolute Gasteiger partial charge is 0.519 e. The summed E-state index contributed by atoms with van der Waals surface area (Å²) < 4.78 is 15.5. The van der Waals surface area contributed by atoms with Gasteiger partial charge in [-0.25, -0.2) is 4.79 Å². The zero-order chi connectivity index (χ0) is 12.6. The maximum Gasteiger partial charge on any atom is 0.337 e. The highest BCUT2D eigenvalue weighted by Crippen LogP contribution is 2.24. The Labute approximate surface area is 98.7 Å². The van der Waals surface area contributed by atoms with Crippen LogP contribution in [-0.2, 0) is 18.7 Å². The molecule has 5 heteroatoms. The summed E-state index contributed by atoms with van der Waals surface area (Å²) >= 11 is 0. The quantitative estimate of drug-likeness (QED) is 0.300. The first kappa shape index (κ1) is 15.0. The van der Waals surface area contributed by atoms with Crippen LogP contribution in [0.4, 0.5) is 0 Å². The van der Waals surface area contributed by atoms with E-state index in [0.29, 0.717) is 0 Å². The smallest absolute Gasteiger partial charge is 0.337 e. The number of methoxy groups -OCH3 is 2. The molecule has 0 aliphatic carbocycles. The fourth-order valence-electron chi connectivity index (χ4n) is 1.47. The van der Waals surface area contributed by atoms with Crippen molar-refractivity contribution in [3.05, 3.63) is 12.0 Å². The van der Waals surface area contributed by atoms with Crippen LogP contribution in [0.5, 0.6) is 0 Å². The molecule has 0 radical (unpaired) electrons. The molecule has 0 aromatic heterocycles. The molecule has 0 saturated carbocycles. The summed E-state index contributed by atoms with van der Waals surface area (Å²) in [5.41, 5.74) is 0. The van der Waals surface area contributed by atoms with Crippen LogP contribution < -0.4 is 0 Å². The third kappa shape index (κ3) is 4.26. The van der Waals surface area contributed by atoms with Gasteiger partial charge < -0.3 is 13.9 Å². The van der Waals surface area contributed by atoms with E-state index in [1.807, 2.05) is 0 Å². The van der Waals surface area contributed by atoms with Crippen LogP contribution in [0.25, 0.3) is 0 Å². The van der Waals surface area contributed by atoms with Crippen molar-refractivity contribution >= 4 is 14.3 Å². The lowest BCUT2D eigenvalue weighted by Crippen LogP contribution is -2.35. The molecule has 0 saturated heterocycles. The molecule has 0 aliphatic heterocycles. The lowest BCUT2D eigenvalue weighted by molar-refractivity contribution is -0.135. The summed E-state index contributed by atoms with van der Waals surface area (Å²) in [7, 11) is 1.04. The van der Waals surface area contributed by atoms with E-state index in [-0.39, 0.29) is 5.95 Å². The van der Waals surface area contributed by atoms with Gasteiger partial charge in [0.1, 0.15) is 6.08 Å². The predicted octanol–water partition coefficient (Wildman–Crippen LogP) is 2.67. The molecule has 0 aromatic rings. The highest BCUT2D eigenvalue weighted by molar-refractivity contribution is 6.73. The van der Waals surface area contributed by atoms with Crippen molar-refractivity contribution in [1.82, 2.24) is 0 Å². The minimum Gasteiger partial charge on any atom is -0.519 e. The third-order valence-corrected chi connectivity index (χ3v) is 7.39. The normalized spacial score (nSPS) is 12.2. The average Bonchev–Trinajstić information content (AvgIpc) is 2.34. The lowest BCUT2D eigenvalue weighted by Gasteiger charge is -2.29. The van der Waals surface area contributed by atoms with E-state index in [9.17, 15) is 4.79 Å². The van der Waals surface area contributed by atoms with Gasteiger partial charge in [-0.1, -0.05) is 20.8 Å². The van der Waals surface area contributed by atoms with E-state index >= 15 is 0 Å². The van der Waals surface area contributed by atoms with Crippen molar-refractivity contribution in [1.29, 1.82) is 0 Å². The van der Waals surface area contributed by atoms with Crippen molar-refractivity contribution in [3.8, 4) is 0 Å². The molecule has 0 heterocycles. The maximum atomic E-state index is 11.1. The topological polar surface area (TPSA) is 44.8 Å². The van der Waals surface area contributed by atoms with Crippen molar-refractivity contribution in [2.75, 3.05) is 14.2 Å². The Bertz CT molecular complexity index is 238. The fourth-order valence-corrected chi connectivity index (χ4v) is 3.97. The van der Waals surface area contributed by atoms with Gasteiger partial charge in [0.2, 0.25) is 0 Å². The Kier molecular flexibility index (Phi) is 6.88. The van der Waals surface area contributed by atoms with E-state index in [2.05, 4.69) is 25.5 Å². The molecule has 0 unspecified atom stereocenters. The van der Waals surface area contributed by atoms with Crippen molar-refractivity contribution in [2.24, 2.45) is 0 Å². The minimum absolute atomic E-state index is 0.268. The molecular formula is C11H22O4Si. The molecule has 0 amide bonds. The van der Waals surface area contributed by atoms with Crippen LogP contribution in [0.3, 0.4) is 0 Å². The molecule has 0 bridgehead atoms. The summed E-state index contributed by atoms with van der Waals surface area (Å²) in [4.78, 5) is 11.1. The number of hydrogen-bond donors (Lipinski definition) is 0. The highest BCUT2D eigenvalue weighted by atomic mass is 28.4. The number of carbonyl (C=O) groups is 1. The van der Waals surface area contributed by atoms with Crippen molar-refractivity contribution < 1.29 is 18.7 Å². The van der Waals surface area contributed by atoms with E-state index in [4.69, 9.17) is 9.16 Å². The van der Waals surface area contributed by atoms with Gasteiger partial charge in [-0.15, -0.1) is 0 Å². The summed E-state index contributed by atoms with van der Waals surface area (Å²) in [5.74, 6) is -0.188. The Morgan fingerprint density at radius 2 is 1.56 bits per heavy atom. The molecule has 94 valence electrons. The molecule has 0 aliphatic rings. The van der Waals surface area contributed by atoms with Crippen LogP contribution in [-0.4, -0.2) is 28.5 Å². The van der Waals surface area contributed by atoms with E-state index in [0.717, 1.165) is 18.1 Å². The molecule has 0 fully saturated rings. The van der Waals surface area contributed by atoms with Gasteiger partial charge in [0, 0.05) is 0 Å². The van der Waals surface area contributed by atoms with Crippen LogP contribution in [0, 0.1) is 0 Å². The monoisotopic (exact) mass is 246 g/mol. The second-order valence-corrected chi connectivity index (χ2v) is 8.23. The molecule has 16 heavy (non-hydrogen) atoms. The Balaban J connectivity index is 4.74. The van der Waals surface area contributed by atoms with Crippen LogP contribution in [0.2, 0.25) is 18.1 Å². The first-order valence-electron chi connectivity index (χ1n) is 5.60. The van der Waals surface area contributed by atoms with Gasteiger partial charge in [-0.3, -0.25) is 0 Å². The molecule has 0 rings (SSSR count). The zero-order valence-electron chi connectivity index (χ0n) is 10.8. The highest BCUT2D eigenvalue weighted by Gasteiger charge is 2.32.